The first-order valence-corrected chi connectivity index (χ1v) is 12.1. The SMILES string of the molecule is CSc1ccc(-c2noc(-c3ccc(CS(=O)(=O)c4ccc(C)cc4C)o3)n2)cc1. The van der Waals surface area contributed by atoms with Gasteiger partial charge in [-0.2, -0.15) is 4.98 Å². The zero-order chi connectivity index (χ0) is 21.3. The topological polar surface area (TPSA) is 86.2 Å². The molecule has 4 rings (SSSR count). The van der Waals surface area contributed by atoms with Crippen LogP contribution in [0.4, 0.5) is 0 Å². The normalized spacial score (nSPS) is 11.7. The van der Waals surface area contributed by atoms with Crippen LogP contribution in [-0.2, 0) is 15.6 Å². The number of thioether (sulfide) groups is 1. The second-order valence-electron chi connectivity index (χ2n) is 6.95. The number of benzene rings is 2. The van der Waals surface area contributed by atoms with Crippen LogP contribution in [0.25, 0.3) is 23.0 Å². The minimum Gasteiger partial charge on any atom is -0.455 e. The van der Waals surface area contributed by atoms with Crippen molar-refractivity contribution >= 4 is 21.6 Å². The molecule has 0 aliphatic rings. The average molecular weight is 441 g/mol. The van der Waals surface area contributed by atoms with Crippen molar-refractivity contribution in [2.75, 3.05) is 6.26 Å². The summed E-state index contributed by atoms with van der Waals surface area (Å²) >= 11 is 1.65. The molecule has 0 fully saturated rings. The molecule has 154 valence electrons. The molecule has 0 saturated carbocycles. The van der Waals surface area contributed by atoms with Crippen molar-refractivity contribution in [2.24, 2.45) is 0 Å². The molecule has 6 nitrogen and oxygen atoms in total. The predicted octanol–water partition coefficient (Wildman–Crippen LogP) is 5.31. The summed E-state index contributed by atoms with van der Waals surface area (Å²) in [6, 6.07) is 16.4. The van der Waals surface area contributed by atoms with Crippen molar-refractivity contribution in [3.63, 3.8) is 0 Å². The highest BCUT2D eigenvalue weighted by atomic mass is 32.2. The quantitative estimate of drug-likeness (QED) is 0.376. The number of nitrogens with zero attached hydrogens (tertiary/aromatic N) is 2. The van der Waals surface area contributed by atoms with E-state index in [-0.39, 0.29) is 11.6 Å². The van der Waals surface area contributed by atoms with Gasteiger partial charge in [-0.3, -0.25) is 0 Å². The molecule has 0 amide bonds. The Kier molecular flexibility index (Phi) is 5.53. The van der Waals surface area contributed by atoms with E-state index in [1.54, 1.807) is 43.0 Å². The molecule has 30 heavy (non-hydrogen) atoms. The van der Waals surface area contributed by atoms with Crippen LogP contribution >= 0.6 is 11.8 Å². The molecule has 2 aromatic carbocycles. The van der Waals surface area contributed by atoms with Crippen molar-refractivity contribution in [3.05, 3.63) is 71.5 Å². The summed E-state index contributed by atoms with van der Waals surface area (Å²) in [7, 11) is -3.54. The van der Waals surface area contributed by atoms with Gasteiger partial charge in [0, 0.05) is 10.5 Å². The number of furan rings is 1. The van der Waals surface area contributed by atoms with Gasteiger partial charge in [0.25, 0.3) is 5.89 Å². The first kappa shape index (κ1) is 20.4. The first-order valence-electron chi connectivity index (χ1n) is 9.23. The summed E-state index contributed by atoms with van der Waals surface area (Å²) in [6.07, 6.45) is 2.01. The molecule has 0 aliphatic heterocycles. The first-order chi connectivity index (χ1) is 14.4. The van der Waals surface area contributed by atoms with Crippen molar-refractivity contribution < 1.29 is 17.4 Å². The highest BCUT2D eigenvalue weighted by Gasteiger charge is 2.21. The maximum absolute atomic E-state index is 12.8. The van der Waals surface area contributed by atoms with Crippen molar-refractivity contribution in [3.8, 4) is 23.0 Å². The van der Waals surface area contributed by atoms with E-state index < -0.39 is 9.84 Å². The Morgan fingerprint density at radius 3 is 2.47 bits per heavy atom. The van der Waals surface area contributed by atoms with E-state index in [0.717, 1.165) is 21.6 Å². The summed E-state index contributed by atoms with van der Waals surface area (Å²) in [5.41, 5.74) is 2.56. The minimum atomic E-state index is -3.54. The van der Waals surface area contributed by atoms with Crippen LogP contribution in [0.15, 0.2) is 73.3 Å². The van der Waals surface area contributed by atoms with Crippen molar-refractivity contribution in [1.29, 1.82) is 0 Å². The smallest absolute Gasteiger partial charge is 0.293 e. The van der Waals surface area contributed by atoms with Crippen LogP contribution in [-0.4, -0.2) is 24.8 Å². The predicted molar refractivity (Wildman–Crippen MR) is 116 cm³/mol. The molecule has 2 heterocycles. The average Bonchev–Trinajstić information content (AvgIpc) is 3.37. The Labute approximate surface area is 179 Å². The Bertz CT molecular complexity index is 1290. The number of rotatable bonds is 6. The van der Waals surface area contributed by atoms with Gasteiger partial charge in [0.2, 0.25) is 5.82 Å². The van der Waals surface area contributed by atoms with E-state index >= 15 is 0 Å². The lowest BCUT2D eigenvalue weighted by Gasteiger charge is -2.07. The zero-order valence-electron chi connectivity index (χ0n) is 16.7. The van der Waals surface area contributed by atoms with Crippen LogP contribution in [0.3, 0.4) is 0 Å². The standard InChI is InChI=1S/C22H20N2O4S2/c1-14-4-11-20(15(2)12-14)30(25,26)13-17-7-10-19(27-17)22-23-21(24-28-22)16-5-8-18(29-3)9-6-16/h4-12H,13H2,1-3H3. The van der Waals surface area contributed by atoms with Crippen molar-refractivity contribution in [2.45, 2.75) is 29.4 Å². The third-order valence-electron chi connectivity index (χ3n) is 4.64. The molecule has 4 aromatic rings. The summed E-state index contributed by atoms with van der Waals surface area (Å²) in [6.45, 7) is 3.72. The summed E-state index contributed by atoms with van der Waals surface area (Å²) in [5.74, 6) is 1.05. The van der Waals surface area contributed by atoms with Gasteiger partial charge in [-0.05, 0) is 68.1 Å². The lowest BCUT2D eigenvalue weighted by molar-refractivity contribution is 0.413. The molecule has 0 N–H and O–H groups in total. The molecule has 0 bridgehead atoms. The highest BCUT2D eigenvalue weighted by molar-refractivity contribution is 7.98. The molecule has 0 unspecified atom stereocenters. The van der Waals surface area contributed by atoms with E-state index in [9.17, 15) is 8.42 Å². The monoisotopic (exact) mass is 440 g/mol. The van der Waals surface area contributed by atoms with Crippen LogP contribution in [0, 0.1) is 13.8 Å². The van der Waals surface area contributed by atoms with Crippen molar-refractivity contribution in [1.82, 2.24) is 10.1 Å². The molecule has 2 aromatic heterocycles. The van der Waals surface area contributed by atoms with Gasteiger partial charge in [-0.25, -0.2) is 8.42 Å². The van der Waals surface area contributed by atoms with Gasteiger partial charge in [0.15, 0.2) is 15.6 Å². The maximum atomic E-state index is 12.8. The summed E-state index contributed by atoms with van der Waals surface area (Å²) in [4.78, 5) is 5.82. The fraction of sp³-hybridized carbons (Fsp3) is 0.182. The van der Waals surface area contributed by atoms with Crippen LogP contribution in [0.1, 0.15) is 16.9 Å². The van der Waals surface area contributed by atoms with E-state index in [1.807, 2.05) is 43.5 Å². The van der Waals surface area contributed by atoms with Crippen LogP contribution < -0.4 is 0 Å². The van der Waals surface area contributed by atoms with Crippen LogP contribution in [0.5, 0.6) is 0 Å². The zero-order valence-corrected chi connectivity index (χ0v) is 18.4. The van der Waals surface area contributed by atoms with Crippen LogP contribution in [0.2, 0.25) is 0 Å². The third-order valence-corrected chi connectivity index (χ3v) is 7.18. The number of hydrogen-bond donors (Lipinski definition) is 0. The third kappa shape index (κ3) is 4.20. The van der Waals surface area contributed by atoms with Gasteiger partial charge >= 0.3 is 0 Å². The van der Waals surface area contributed by atoms with E-state index in [1.165, 1.54) is 0 Å². The van der Waals surface area contributed by atoms with Gasteiger partial charge in [0.05, 0.1) is 4.90 Å². The molecule has 0 aliphatic carbocycles. The van der Waals surface area contributed by atoms with E-state index in [4.69, 9.17) is 8.94 Å². The van der Waals surface area contributed by atoms with Gasteiger partial charge in [0.1, 0.15) is 11.5 Å². The lowest BCUT2D eigenvalue weighted by Crippen LogP contribution is -2.06. The summed E-state index contributed by atoms with van der Waals surface area (Å²) < 4.78 is 36.6. The van der Waals surface area contributed by atoms with Gasteiger partial charge in [-0.15, -0.1) is 11.8 Å². The Hall–Kier alpha value is -2.84. The molecule has 8 heteroatoms. The van der Waals surface area contributed by atoms with E-state index in [2.05, 4.69) is 10.1 Å². The minimum absolute atomic E-state index is 0.203. The number of aryl methyl sites for hydroxylation is 2. The molecular weight excluding hydrogens is 420 g/mol. The highest BCUT2D eigenvalue weighted by Crippen LogP contribution is 2.27. The molecule has 0 spiro atoms. The lowest BCUT2D eigenvalue weighted by atomic mass is 10.2. The molecule has 0 saturated heterocycles. The number of hydrogen-bond acceptors (Lipinski definition) is 7. The fourth-order valence-electron chi connectivity index (χ4n) is 3.16. The van der Waals surface area contributed by atoms with Gasteiger partial charge < -0.3 is 8.94 Å². The molecule has 0 radical (unpaired) electrons. The number of sulfone groups is 1. The Balaban J connectivity index is 1.55. The number of aromatic nitrogens is 2. The largest absolute Gasteiger partial charge is 0.455 e. The second-order valence-corrected chi connectivity index (χ2v) is 9.78. The Morgan fingerprint density at radius 1 is 1.00 bits per heavy atom. The molecular formula is C22H20N2O4S2. The fourth-order valence-corrected chi connectivity index (χ4v) is 5.08. The molecule has 0 atom stereocenters. The summed E-state index contributed by atoms with van der Waals surface area (Å²) in [5, 5.41) is 4.00. The van der Waals surface area contributed by atoms with Gasteiger partial charge in [-0.1, -0.05) is 22.9 Å². The Morgan fingerprint density at radius 2 is 1.77 bits per heavy atom. The maximum Gasteiger partial charge on any atom is 0.293 e. The second kappa shape index (κ2) is 8.12. The van der Waals surface area contributed by atoms with E-state index in [0.29, 0.717) is 22.2 Å².